The lowest BCUT2D eigenvalue weighted by molar-refractivity contribution is -0.167. The van der Waals surface area contributed by atoms with E-state index in [1.807, 2.05) is 0 Å². The summed E-state index contributed by atoms with van der Waals surface area (Å²) in [7, 11) is 0. The third-order valence-electron chi connectivity index (χ3n) is 14.4. The van der Waals surface area contributed by atoms with Crippen molar-refractivity contribution < 1.29 is 28.6 Å². The van der Waals surface area contributed by atoms with Gasteiger partial charge in [0.25, 0.3) is 0 Å². The lowest BCUT2D eigenvalue weighted by Gasteiger charge is -2.18. The first kappa shape index (κ1) is 68.9. The van der Waals surface area contributed by atoms with E-state index in [1.54, 1.807) is 0 Å². The van der Waals surface area contributed by atoms with Crippen molar-refractivity contribution in [2.75, 3.05) is 13.2 Å². The Labute approximate surface area is 443 Å². The molecule has 0 radical (unpaired) electrons. The highest BCUT2D eigenvalue weighted by Gasteiger charge is 2.19. The van der Waals surface area contributed by atoms with E-state index in [1.165, 1.54) is 244 Å². The molecule has 0 spiro atoms. The summed E-state index contributed by atoms with van der Waals surface area (Å²) in [6.45, 7) is 6.67. The maximum absolute atomic E-state index is 12.9. The summed E-state index contributed by atoms with van der Waals surface area (Å²) in [6.07, 6.45) is 71.9. The monoisotopic (exact) mass is 999 g/mol. The summed E-state index contributed by atoms with van der Waals surface area (Å²) in [5.41, 5.74) is 0. The standard InChI is InChI=1S/C65H122O6/c1-4-7-10-13-16-19-22-25-27-29-30-31-32-33-34-35-36-38-40-43-46-49-52-55-58-64(67)70-61-62(60-69-63(66)57-54-51-48-45-42-39-24-21-18-15-12-9-6-3)71-65(68)59-56-53-50-47-44-41-37-28-26-23-20-17-14-11-8-5-2/h21,24,28,37,62H,4-20,22-23,25-27,29-36,38-61H2,1-3H3/b24-21-,37-28-. The summed E-state index contributed by atoms with van der Waals surface area (Å²) < 4.78 is 16.9. The molecule has 0 bridgehead atoms. The molecule has 0 fully saturated rings. The molecule has 0 aliphatic carbocycles. The lowest BCUT2D eigenvalue weighted by Crippen LogP contribution is -2.30. The molecule has 0 amide bonds. The molecule has 6 nitrogen and oxygen atoms in total. The highest BCUT2D eigenvalue weighted by molar-refractivity contribution is 5.71. The second kappa shape index (κ2) is 60.4. The van der Waals surface area contributed by atoms with Crippen LogP contribution >= 0.6 is 0 Å². The van der Waals surface area contributed by atoms with Gasteiger partial charge in [0.2, 0.25) is 0 Å². The van der Waals surface area contributed by atoms with Gasteiger partial charge in [-0.15, -0.1) is 0 Å². The van der Waals surface area contributed by atoms with Gasteiger partial charge in [-0.2, -0.15) is 0 Å². The van der Waals surface area contributed by atoms with Crippen molar-refractivity contribution in [3.8, 4) is 0 Å². The first-order valence-corrected chi connectivity index (χ1v) is 31.8. The number of carbonyl (C=O) groups is 3. The Morgan fingerprint density at radius 1 is 0.268 bits per heavy atom. The van der Waals surface area contributed by atoms with Gasteiger partial charge in [0.1, 0.15) is 13.2 Å². The number of carbonyl (C=O) groups excluding carboxylic acids is 3. The van der Waals surface area contributed by atoms with Crippen LogP contribution in [0, 0.1) is 0 Å². The quantitative estimate of drug-likeness (QED) is 0.0261. The van der Waals surface area contributed by atoms with Gasteiger partial charge in [-0.05, 0) is 70.6 Å². The summed E-state index contributed by atoms with van der Waals surface area (Å²) in [6, 6.07) is 0. The number of hydrogen-bond donors (Lipinski definition) is 0. The molecular formula is C65H122O6. The van der Waals surface area contributed by atoms with Gasteiger partial charge in [-0.1, -0.05) is 289 Å². The van der Waals surface area contributed by atoms with Gasteiger partial charge in [0.15, 0.2) is 6.10 Å². The van der Waals surface area contributed by atoms with E-state index in [9.17, 15) is 14.4 Å². The fourth-order valence-corrected chi connectivity index (χ4v) is 9.61. The molecule has 0 rings (SSSR count). The summed E-state index contributed by atoms with van der Waals surface area (Å²) in [5, 5.41) is 0. The van der Waals surface area contributed by atoms with Crippen molar-refractivity contribution in [1.29, 1.82) is 0 Å². The molecular weight excluding hydrogens is 877 g/mol. The van der Waals surface area contributed by atoms with E-state index >= 15 is 0 Å². The largest absolute Gasteiger partial charge is 0.462 e. The van der Waals surface area contributed by atoms with Crippen LogP contribution in [0.25, 0.3) is 0 Å². The van der Waals surface area contributed by atoms with Gasteiger partial charge < -0.3 is 14.2 Å². The topological polar surface area (TPSA) is 78.9 Å². The molecule has 0 aromatic carbocycles. The normalized spacial score (nSPS) is 12.1. The Morgan fingerprint density at radius 3 is 0.718 bits per heavy atom. The van der Waals surface area contributed by atoms with Crippen LogP contribution in [-0.2, 0) is 28.6 Å². The van der Waals surface area contributed by atoms with Gasteiger partial charge >= 0.3 is 17.9 Å². The zero-order chi connectivity index (χ0) is 51.4. The van der Waals surface area contributed by atoms with Gasteiger partial charge in [0, 0.05) is 19.3 Å². The molecule has 1 atom stereocenters. The molecule has 0 saturated carbocycles. The zero-order valence-corrected chi connectivity index (χ0v) is 48.0. The van der Waals surface area contributed by atoms with Gasteiger partial charge in [-0.3, -0.25) is 14.4 Å². The molecule has 418 valence electrons. The lowest BCUT2D eigenvalue weighted by atomic mass is 10.0. The van der Waals surface area contributed by atoms with E-state index in [0.717, 1.165) is 70.6 Å². The molecule has 0 aromatic rings. The predicted molar refractivity (Wildman–Crippen MR) is 307 cm³/mol. The second-order valence-electron chi connectivity index (χ2n) is 21.7. The Morgan fingerprint density at radius 2 is 0.465 bits per heavy atom. The van der Waals surface area contributed by atoms with Gasteiger partial charge in [-0.25, -0.2) is 0 Å². The van der Waals surface area contributed by atoms with Crippen LogP contribution in [-0.4, -0.2) is 37.2 Å². The number of rotatable bonds is 59. The average Bonchev–Trinajstić information content (AvgIpc) is 3.37. The van der Waals surface area contributed by atoms with E-state index in [2.05, 4.69) is 45.1 Å². The number of hydrogen-bond acceptors (Lipinski definition) is 6. The van der Waals surface area contributed by atoms with Crippen molar-refractivity contribution >= 4 is 17.9 Å². The van der Waals surface area contributed by atoms with Crippen molar-refractivity contribution in [1.82, 2.24) is 0 Å². The van der Waals surface area contributed by atoms with E-state index in [-0.39, 0.29) is 31.1 Å². The Bertz CT molecular complexity index is 1150. The van der Waals surface area contributed by atoms with Crippen LogP contribution in [0.1, 0.15) is 355 Å². The van der Waals surface area contributed by atoms with Crippen molar-refractivity contribution in [3.05, 3.63) is 24.3 Å². The minimum absolute atomic E-state index is 0.0725. The number of allylic oxidation sites excluding steroid dienone is 4. The smallest absolute Gasteiger partial charge is 0.306 e. The minimum atomic E-state index is -0.776. The molecule has 6 heteroatoms. The maximum Gasteiger partial charge on any atom is 0.306 e. The molecule has 1 unspecified atom stereocenters. The second-order valence-corrected chi connectivity index (χ2v) is 21.7. The molecule has 0 saturated heterocycles. The summed E-state index contributed by atoms with van der Waals surface area (Å²) in [5.74, 6) is -0.866. The molecule has 0 heterocycles. The Kier molecular flexibility index (Phi) is 58.6. The maximum atomic E-state index is 12.9. The molecule has 0 N–H and O–H groups in total. The predicted octanol–water partition coefficient (Wildman–Crippen LogP) is 21.4. The Hall–Kier alpha value is -2.11. The summed E-state index contributed by atoms with van der Waals surface area (Å²) >= 11 is 0. The van der Waals surface area contributed by atoms with Crippen LogP contribution in [0.4, 0.5) is 0 Å². The van der Waals surface area contributed by atoms with Crippen molar-refractivity contribution in [2.24, 2.45) is 0 Å². The molecule has 0 aliphatic heterocycles. The third-order valence-corrected chi connectivity index (χ3v) is 14.4. The average molecular weight is 1000 g/mol. The van der Waals surface area contributed by atoms with E-state index < -0.39 is 6.10 Å². The number of esters is 3. The third kappa shape index (κ3) is 58.7. The highest BCUT2D eigenvalue weighted by Crippen LogP contribution is 2.18. The zero-order valence-electron chi connectivity index (χ0n) is 48.0. The number of ether oxygens (including phenoxy) is 3. The summed E-state index contributed by atoms with van der Waals surface area (Å²) in [4.78, 5) is 38.2. The molecule has 0 aliphatic rings. The van der Waals surface area contributed by atoms with Crippen LogP contribution in [0.5, 0.6) is 0 Å². The minimum Gasteiger partial charge on any atom is -0.462 e. The Balaban J connectivity index is 4.24. The number of unbranched alkanes of at least 4 members (excludes halogenated alkanes) is 44. The molecule has 0 aromatic heterocycles. The first-order valence-electron chi connectivity index (χ1n) is 31.8. The fourth-order valence-electron chi connectivity index (χ4n) is 9.61. The van der Waals surface area contributed by atoms with E-state index in [4.69, 9.17) is 14.2 Å². The SMILES string of the molecule is CCCCCC/C=C\CCCCCCCC(=O)OCC(COC(=O)CCCCCCCCCCCCCCCCCCCCCCCCCC)OC(=O)CCCCCCC/C=C\CCCCCCCCC. The van der Waals surface area contributed by atoms with Crippen LogP contribution < -0.4 is 0 Å². The van der Waals surface area contributed by atoms with Crippen molar-refractivity contribution in [3.63, 3.8) is 0 Å². The van der Waals surface area contributed by atoms with Gasteiger partial charge in [0.05, 0.1) is 0 Å². The van der Waals surface area contributed by atoms with Crippen LogP contribution in [0.2, 0.25) is 0 Å². The van der Waals surface area contributed by atoms with Crippen molar-refractivity contribution in [2.45, 2.75) is 361 Å². The fraction of sp³-hybridized carbons (Fsp3) is 0.892. The van der Waals surface area contributed by atoms with Crippen LogP contribution in [0.3, 0.4) is 0 Å². The molecule has 71 heavy (non-hydrogen) atoms. The first-order chi connectivity index (χ1) is 35.0. The van der Waals surface area contributed by atoms with Crippen LogP contribution in [0.15, 0.2) is 24.3 Å². The highest BCUT2D eigenvalue weighted by atomic mass is 16.6. The van der Waals surface area contributed by atoms with E-state index in [0.29, 0.717) is 19.3 Å².